The Labute approximate surface area is 119 Å². The fourth-order valence-electron chi connectivity index (χ4n) is 3.82. The van der Waals surface area contributed by atoms with E-state index in [1.165, 1.54) is 0 Å². The highest BCUT2D eigenvalue weighted by Gasteiger charge is 2.42. The van der Waals surface area contributed by atoms with Crippen LogP contribution in [0.5, 0.6) is 0 Å². The molecule has 1 aromatic heterocycles. The minimum atomic E-state index is -0.171. The van der Waals surface area contributed by atoms with Gasteiger partial charge in [0.05, 0.1) is 23.0 Å². The Morgan fingerprint density at radius 2 is 2.15 bits per heavy atom. The van der Waals surface area contributed by atoms with E-state index in [1.54, 1.807) is 0 Å². The van der Waals surface area contributed by atoms with Gasteiger partial charge in [-0.2, -0.15) is 0 Å². The predicted octanol–water partition coefficient (Wildman–Crippen LogP) is 1.19. The van der Waals surface area contributed by atoms with Crippen LogP contribution >= 0.6 is 0 Å². The van der Waals surface area contributed by atoms with Crippen LogP contribution in [0.15, 0.2) is 6.07 Å². The van der Waals surface area contributed by atoms with Gasteiger partial charge >= 0.3 is 0 Å². The van der Waals surface area contributed by atoms with Crippen LogP contribution in [0, 0.1) is 31.1 Å². The van der Waals surface area contributed by atoms with Crippen molar-refractivity contribution in [2.45, 2.75) is 32.8 Å². The second kappa shape index (κ2) is 4.74. The molecule has 1 saturated carbocycles. The molecule has 3 rings (SSSR count). The third-order valence-electron chi connectivity index (χ3n) is 4.74. The molecule has 20 heavy (non-hydrogen) atoms. The molecular formula is C15H22N4O. The van der Waals surface area contributed by atoms with Gasteiger partial charge in [0.25, 0.3) is 0 Å². The van der Waals surface area contributed by atoms with Gasteiger partial charge in [0.15, 0.2) is 0 Å². The summed E-state index contributed by atoms with van der Waals surface area (Å²) in [6.45, 7) is 5.67. The second-order valence-corrected chi connectivity index (χ2v) is 6.13. The van der Waals surface area contributed by atoms with Gasteiger partial charge in [-0.3, -0.25) is 10.4 Å². The summed E-state index contributed by atoms with van der Waals surface area (Å²) in [6, 6.07) is 2.01. The third kappa shape index (κ3) is 2.06. The topological polar surface area (TPSA) is 86.2 Å². The molecule has 1 aliphatic carbocycles. The van der Waals surface area contributed by atoms with E-state index in [0.717, 1.165) is 48.6 Å². The Morgan fingerprint density at radius 1 is 1.40 bits per heavy atom. The molecule has 5 nitrogen and oxygen atoms in total. The summed E-state index contributed by atoms with van der Waals surface area (Å²) < 4.78 is 0. The summed E-state index contributed by atoms with van der Waals surface area (Å²) in [4.78, 5) is 6.69. The van der Waals surface area contributed by atoms with Crippen molar-refractivity contribution >= 4 is 11.5 Å². The molecule has 2 fully saturated rings. The standard InChI is InChI=1S/C15H22N4O/c1-8-5-12(14(15(16)17)9(2)18-8)19-6-10-3-4-13(20)11(10)7-19/h5,10-11,13,20H,3-4,6-7H2,1-2H3,(H3,16,17). The zero-order valence-corrected chi connectivity index (χ0v) is 12.1. The summed E-state index contributed by atoms with van der Waals surface area (Å²) in [5.74, 6) is 1.00. The van der Waals surface area contributed by atoms with Crippen LogP contribution in [0.2, 0.25) is 0 Å². The number of nitrogens with one attached hydrogen (secondary N) is 1. The van der Waals surface area contributed by atoms with Crippen molar-refractivity contribution < 1.29 is 5.11 Å². The normalized spacial score (nSPS) is 28.8. The van der Waals surface area contributed by atoms with Crippen LogP contribution in [0.3, 0.4) is 0 Å². The molecule has 0 aromatic carbocycles. The highest BCUT2D eigenvalue weighted by atomic mass is 16.3. The first-order valence-electron chi connectivity index (χ1n) is 7.23. The molecule has 5 heteroatoms. The van der Waals surface area contributed by atoms with Gasteiger partial charge in [-0.15, -0.1) is 0 Å². The Bertz CT molecular complexity index is 557. The maximum atomic E-state index is 10.0. The summed E-state index contributed by atoms with van der Waals surface area (Å²) in [5.41, 5.74) is 9.24. The SMILES string of the molecule is Cc1cc(N2CC3CCC(O)C3C2)c(C(=N)N)c(C)n1. The lowest BCUT2D eigenvalue weighted by molar-refractivity contribution is 0.133. The number of nitrogen functional groups attached to an aromatic ring is 1. The van der Waals surface area contributed by atoms with E-state index < -0.39 is 0 Å². The maximum Gasteiger partial charge on any atom is 0.126 e. The number of aliphatic hydroxyl groups is 1. The number of hydrogen-bond acceptors (Lipinski definition) is 4. The molecule has 108 valence electrons. The van der Waals surface area contributed by atoms with Crippen molar-refractivity contribution in [2.75, 3.05) is 18.0 Å². The van der Waals surface area contributed by atoms with Crippen LogP contribution in [0.25, 0.3) is 0 Å². The average Bonchev–Trinajstić information content (AvgIpc) is 2.90. The number of fused-ring (bicyclic) bond motifs is 1. The lowest BCUT2D eigenvalue weighted by Crippen LogP contribution is -2.28. The summed E-state index contributed by atoms with van der Waals surface area (Å²) in [6.07, 6.45) is 1.85. The number of aromatic nitrogens is 1. The van der Waals surface area contributed by atoms with Crippen LogP contribution in [0.1, 0.15) is 29.8 Å². The lowest BCUT2D eigenvalue weighted by Gasteiger charge is -2.24. The van der Waals surface area contributed by atoms with E-state index in [-0.39, 0.29) is 11.9 Å². The molecule has 4 N–H and O–H groups in total. The molecule has 0 amide bonds. The number of nitrogens with zero attached hydrogens (tertiary/aromatic N) is 2. The minimum Gasteiger partial charge on any atom is -0.393 e. The van der Waals surface area contributed by atoms with E-state index in [2.05, 4.69) is 9.88 Å². The molecule has 0 radical (unpaired) electrons. The maximum absolute atomic E-state index is 10.0. The van der Waals surface area contributed by atoms with Crippen molar-refractivity contribution in [3.63, 3.8) is 0 Å². The number of anilines is 1. The molecule has 0 bridgehead atoms. The molecule has 1 aliphatic heterocycles. The summed E-state index contributed by atoms with van der Waals surface area (Å²) in [7, 11) is 0. The van der Waals surface area contributed by atoms with E-state index in [0.29, 0.717) is 11.8 Å². The monoisotopic (exact) mass is 274 g/mol. The highest BCUT2D eigenvalue weighted by molar-refractivity contribution is 6.01. The van der Waals surface area contributed by atoms with Crippen molar-refractivity contribution in [3.8, 4) is 0 Å². The molecule has 2 aliphatic rings. The van der Waals surface area contributed by atoms with Gasteiger partial charge in [0, 0.05) is 24.7 Å². The fraction of sp³-hybridized carbons (Fsp3) is 0.600. The van der Waals surface area contributed by atoms with Crippen LogP contribution < -0.4 is 10.6 Å². The number of rotatable bonds is 2. The van der Waals surface area contributed by atoms with Crippen LogP contribution in [-0.4, -0.2) is 35.1 Å². The van der Waals surface area contributed by atoms with Crippen LogP contribution in [0.4, 0.5) is 5.69 Å². The van der Waals surface area contributed by atoms with Gasteiger partial charge in [-0.1, -0.05) is 0 Å². The third-order valence-corrected chi connectivity index (χ3v) is 4.74. The largest absolute Gasteiger partial charge is 0.393 e. The lowest BCUT2D eigenvalue weighted by atomic mass is 10.00. The molecule has 1 saturated heterocycles. The smallest absolute Gasteiger partial charge is 0.126 e. The van der Waals surface area contributed by atoms with Crippen molar-refractivity contribution in [3.05, 3.63) is 23.0 Å². The van der Waals surface area contributed by atoms with Gasteiger partial charge in [0.1, 0.15) is 5.84 Å². The first kappa shape index (κ1) is 13.4. The first-order chi connectivity index (χ1) is 9.47. The Balaban J connectivity index is 1.97. The molecule has 3 atom stereocenters. The first-order valence-corrected chi connectivity index (χ1v) is 7.23. The predicted molar refractivity (Wildman–Crippen MR) is 79.2 cm³/mol. The fourth-order valence-corrected chi connectivity index (χ4v) is 3.82. The number of nitrogens with two attached hydrogens (primary N) is 1. The van der Waals surface area contributed by atoms with E-state index in [4.69, 9.17) is 11.1 Å². The van der Waals surface area contributed by atoms with E-state index in [1.807, 2.05) is 19.9 Å². The molecular weight excluding hydrogens is 252 g/mol. The van der Waals surface area contributed by atoms with Gasteiger partial charge < -0.3 is 15.7 Å². The molecule has 3 unspecified atom stereocenters. The quantitative estimate of drug-likeness (QED) is 0.558. The highest BCUT2D eigenvalue weighted by Crippen LogP contribution is 2.40. The average molecular weight is 274 g/mol. The minimum absolute atomic E-state index is 0.0719. The van der Waals surface area contributed by atoms with Crippen molar-refractivity contribution in [1.29, 1.82) is 5.41 Å². The number of aryl methyl sites for hydroxylation is 2. The number of pyridine rings is 1. The number of amidine groups is 1. The van der Waals surface area contributed by atoms with Crippen molar-refractivity contribution in [1.82, 2.24) is 4.98 Å². The van der Waals surface area contributed by atoms with Crippen LogP contribution in [-0.2, 0) is 0 Å². The van der Waals surface area contributed by atoms with Gasteiger partial charge in [0.2, 0.25) is 0 Å². The second-order valence-electron chi connectivity index (χ2n) is 6.13. The zero-order chi connectivity index (χ0) is 14.4. The van der Waals surface area contributed by atoms with Gasteiger partial charge in [-0.25, -0.2) is 0 Å². The number of hydrogen-bond donors (Lipinski definition) is 3. The molecule has 2 heterocycles. The van der Waals surface area contributed by atoms with E-state index in [9.17, 15) is 5.11 Å². The molecule has 1 aromatic rings. The van der Waals surface area contributed by atoms with Crippen molar-refractivity contribution in [2.24, 2.45) is 17.6 Å². The molecule has 0 spiro atoms. The van der Waals surface area contributed by atoms with E-state index >= 15 is 0 Å². The Hall–Kier alpha value is -1.62. The van der Waals surface area contributed by atoms with Gasteiger partial charge in [-0.05, 0) is 38.7 Å². The summed E-state index contributed by atoms with van der Waals surface area (Å²) >= 11 is 0. The number of aliphatic hydroxyl groups excluding tert-OH is 1. The Morgan fingerprint density at radius 3 is 2.80 bits per heavy atom. The zero-order valence-electron chi connectivity index (χ0n) is 12.1. The summed E-state index contributed by atoms with van der Waals surface area (Å²) in [5, 5.41) is 17.9. The Kier molecular flexibility index (Phi) is 3.17.